The van der Waals surface area contributed by atoms with Crippen LogP contribution in [0.1, 0.15) is 12.8 Å². The molecule has 0 spiro atoms. The van der Waals surface area contributed by atoms with Crippen LogP contribution in [0.15, 0.2) is 0 Å². The molecule has 0 N–H and O–H groups in total. The van der Waals surface area contributed by atoms with E-state index in [1.807, 2.05) is 0 Å². The van der Waals surface area contributed by atoms with Gasteiger partial charge in [0.2, 0.25) is 0 Å². The lowest BCUT2D eigenvalue weighted by atomic mass is 10.1. The van der Waals surface area contributed by atoms with Crippen LogP contribution in [-0.4, -0.2) is 25.0 Å². The number of hydrogen-bond acceptors (Lipinski definition) is 3. The molecule has 0 aliphatic heterocycles. The van der Waals surface area contributed by atoms with E-state index in [4.69, 9.17) is 38.5 Å². The lowest BCUT2D eigenvalue weighted by Crippen LogP contribution is -2.14. The van der Waals surface area contributed by atoms with Gasteiger partial charge in [0.25, 0.3) is 0 Å². The first kappa shape index (κ1) is 14.5. The van der Waals surface area contributed by atoms with Crippen molar-refractivity contribution in [1.29, 1.82) is 10.5 Å². The van der Waals surface area contributed by atoms with E-state index in [0.29, 0.717) is 37.8 Å². The van der Waals surface area contributed by atoms with Gasteiger partial charge in [0.1, 0.15) is 0 Å². The maximum absolute atomic E-state index is 8.71. The average molecular weight is 249 g/mol. The van der Waals surface area contributed by atoms with Crippen LogP contribution in [0, 0.1) is 34.5 Å². The standard InChI is InChI=1S/C10H14Cl2N2O/c11-3-1-9(5-13)7-15-8-10(6-14)2-4-12/h9-10H,1-4,7-8H2. The minimum atomic E-state index is -0.183. The summed E-state index contributed by atoms with van der Waals surface area (Å²) >= 11 is 11.0. The summed E-state index contributed by atoms with van der Waals surface area (Å²) in [6, 6.07) is 4.22. The van der Waals surface area contributed by atoms with Crippen LogP contribution in [0.25, 0.3) is 0 Å². The highest BCUT2D eigenvalue weighted by atomic mass is 35.5. The number of ether oxygens (including phenoxy) is 1. The number of nitriles is 2. The Bertz CT molecular complexity index is 211. The maximum atomic E-state index is 8.71. The van der Waals surface area contributed by atoms with Gasteiger partial charge in [-0.2, -0.15) is 10.5 Å². The molecule has 2 unspecified atom stereocenters. The fourth-order valence-corrected chi connectivity index (χ4v) is 1.51. The minimum absolute atomic E-state index is 0.183. The fourth-order valence-electron chi connectivity index (χ4n) is 0.986. The summed E-state index contributed by atoms with van der Waals surface area (Å²) in [6.07, 6.45) is 1.23. The van der Waals surface area contributed by atoms with E-state index in [-0.39, 0.29) is 11.8 Å². The third-order valence-electron chi connectivity index (χ3n) is 1.92. The minimum Gasteiger partial charge on any atom is -0.379 e. The van der Waals surface area contributed by atoms with Crippen LogP contribution in [-0.2, 0) is 4.74 Å². The van der Waals surface area contributed by atoms with E-state index >= 15 is 0 Å². The Labute approximate surface area is 101 Å². The summed E-state index contributed by atoms with van der Waals surface area (Å²) in [5, 5.41) is 17.4. The van der Waals surface area contributed by atoms with Gasteiger partial charge in [0.15, 0.2) is 0 Å². The molecule has 0 saturated carbocycles. The van der Waals surface area contributed by atoms with Gasteiger partial charge in [-0.05, 0) is 12.8 Å². The maximum Gasteiger partial charge on any atom is 0.0708 e. The highest BCUT2D eigenvalue weighted by molar-refractivity contribution is 6.18. The monoisotopic (exact) mass is 248 g/mol. The van der Waals surface area contributed by atoms with Gasteiger partial charge in [-0.15, -0.1) is 23.2 Å². The van der Waals surface area contributed by atoms with Gasteiger partial charge in [-0.25, -0.2) is 0 Å². The van der Waals surface area contributed by atoms with Crippen molar-refractivity contribution in [1.82, 2.24) is 0 Å². The first-order valence-corrected chi connectivity index (χ1v) is 5.84. The predicted octanol–water partition coefficient (Wildman–Crippen LogP) is 2.54. The summed E-state index contributed by atoms with van der Waals surface area (Å²) < 4.78 is 5.28. The average Bonchev–Trinajstić information content (AvgIpc) is 2.26. The topological polar surface area (TPSA) is 56.8 Å². The van der Waals surface area contributed by atoms with Gasteiger partial charge < -0.3 is 4.74 Å². The molecule has 5 heteroatoms. The summed E-state index contributed by atoms with van der Waals surface area (Å²) in [4.78, 5) is 0. The fraction of sp³-hybridized carbons (Fsp3) is 0.800. The third-order valence-corrected chi connectivity index (χ3v) is 2.35. The van der Waals surface area contributed by atoms with Crippen molar-refractivity contribution >= 4 is 23.2 Å². The Hall–Kier alpha value is -0.480. The second-order valence-corrected chi connectivity index (χ2v) is 3.90. The number of hydrogen-bond donors (Lipinski definition) is 0. The largest absolute Gasteiger partial charge is 0.379 e. The van der Waals surface area contributed by atoms with Gasteiger partial charge in [-0.1, -0.05) is 0 Å². The first-order chi connectivity index (χ1) is 7.28. The summed E-state index contributed by atoms with van der Waals surface area (Å²) in [5.41, 5.74) is 0. The molecule has 0 aliphatic carbocycles. The van der Waals surface area contributed by atoms with E-state index in [9.17, 15) is 0 Å². The molecular weight excluding hydrogens is 235 g/mol. The van der Waals surface area contributed by atoms with E-state index in [2.05, 4.69) is 12.1 Å². The van der Waals surface area contributed by atoms with Gasteiger partial charge >= 0.3 is 0 Å². The Balaban J connectivity index is 3.67. The molecule has 0 bridgehead atoms. The number of halogens is 2. The molecule has 0 saturated heterocycles. The van der Waals surface area contributed by atoms with E-state index < -0.39 is 0 Å². The zero-order valence-electron chi connectivity index (χ0n) is 8.46. The van der Waals surface area contributed by atoms with Crippen LogP contribution in [0.2, 0.25) is 0 Å². The van der Waals surface area contributed by atoms with Crippen LogP contribution < -0.4 is 0 Å². The van der Waals surface area contributed by atoms with Crippen LogP contribution >= 0.6 is 23.2 Å². The zero-order chi connectivity index (χ0) is 11.5. The Morgan fingerprint density at radius 1 is 0.933 bits per heavy atom. The molecule has 0 aliphatic rings. The molecule has 84 valence electrons. The molecule has 0 heterocycles. The van der Waals surface area contributed by atoms with Crippen molar-refractivity contribution in [2.24, 2.45) is 11.8 Å². The quantitative estimate of drug-likeness (QED) is 0.621. The van der Waals surface area contributed by atoms with Crippen molar-refractivity contribution in [3.05, 3.63) is 0 Å². The van der Waals surface area contributed by atoms with Gasteiger partial charge in [-0.3, -0.25) is 0 Å². The summed E-state index contributed by atoms with van der Waals surface area (Å²) in [6.45, 7) is 0.674. The van der Waals surface area contributed by atoms with E-state index in [1.165, 1.54) is 0 Å². The molecule has 2 atom stereocenters. The Kier molecular flexibility index (Phi) is 9.73. The molecule has 15 heavy (non-hydrogen) atoms. The SMILES string of the molecule is N#CC(CCCl)COCC(C#N)CCCl. The van der Waals surface area contributed by atoms with Crippen LogP contribution in [0.5, 0.6) is 0 Å². The number of rotatable bonds is 8. The number of nitrogens with zero attached hydrogens (tertiary/aromatic N) is 2. The molecule has 0 fully saturated rings. The smallest absolute Gasteiger partial charge is 0.0708 e. The van der Waals surface area contributed by atoms with Crippen molar-refractivity contribution < 1.29 is 4.74 Å². The van der Waals surface area contributed by atoms with Gasteiger partial charge in [0.05, 0.1) is 37.2 Å². The Morgan fingerprint density at radius 3 is 1.60 bits per heavy atom. The second kappa shape index (κ2) is 10.1. The predicted molar refractivity (Wildman–Crippen MR) is 59.7 cm³/mol. The molecule has 0 amide bonds. The van der Waals surface area contributed by atoms with E-state index in [0.717, 1.165) is 0 Å². The molecule has 0 aromatic carbocycles. The zero-order valence-corrected chi connectivity index (χ0v) is 9.97. The second-order valence-electron chi connectivity index (χ2n) is 3.14. The van der Waals surface area contributed by atoms with E-state index in [1.54, 1.807) is 0 Å². The molecule has 0 radical (unpaired) electrons. The van der Waals surface area contributed by atoms with Crippen LogP contribution in [0.3, 0.4) is 0 Å². The molecule has 3 nitrogen and oxygen atoms in total. The van der Waals surface area contributed by atoms with Crippen molar-refractivity contribution in [3.8, 4) is 12.1 Å². The van der Waals surface area contributed by atoms with Crippen LogP contribution in [0.4, 0.5) is 0 Å². The Morgan fingerprint density at radius 2 is 1.33 bits per heavy atom. The molecule has 0 aromatic heterocycles. The molecular formula is C10H14Cl2N2O. The third kappa shape index (κ3) is 7.45. The molecule has 0 rings (SSSR count). The lowest BCUT2D eigenvalue weighted by molar-refractivity contribution is 0.0949. The van der Waals surface area contributed by atoms with Crippen molar-refractivity contribution in [2.75, 3.05) is 25.0 Å². The highest BCUT2D eigenvalue weighted by Gasteiger charge is 2.10. The normalized spacial score (nSPS) is 13.9. The number of alkyl halides is 2. The molecule has 0 aromatic rings. The highest BCUT2D eigenvalue weighted by Crippen LogP contribution is 2.07. The summed E-state index contributed by atoms with van der Waals surface area (Å²) in [7, 11) is 0. The van der Waals surface area contributed by atoms with Gasteiger partial charge in [0, 0.05) is 11.8 Å². The van der Waals surface area contributed by atoms with Crippen molar-refractivity contribution in [2.45, 2.75) is 12.8 Å². The lowest BCUT2D eigenvalue weighted by Gasteiger charge is -2.10. The first-order valence-electron chi connectivity index (χ1n) is 4.77. The summed E-state index contributed by atoms with van der Waals surface area (Å²) in [5.74, 6) is 0.534. The van der Waals surface area contributed by atoms with Crippen molar-refractivity contribution in [3.63, 3.8) is 0 Å².